The number of nitrogens with two attached hydrogens (primary N) is 1. The van der Waals surface area contributed by atoms with Gasteiger partial charge in [-0.2, -0.15) is 0 Å². The molecule has 0 amide bonds. The second kappa shape index (κ2) is 5.36. The van der Waals surface area contributed by atoms with E-state index in [1.165, 1.54) is 0 Å². The minimum Gasteiger partial charge on any atom is -0.367 e. The molecule has 3 nitrogen and oxygen atoms in total. The zero-order chi connectivity index (χ0) is 12.3. The van der Waals surface area contributed by atoms with Gasteiger partial charge in [-0.3, -0.25) is 0 Å². The first-order valence-electron chi connectivity index (χ1n) is 5.72. The molecule has 0 aliphatic rings. The molecule has 1 aromatic carbocycles. The molecule has 0 fully saturated rings. The standard InChI is InChI=1S/C13H15BrN2O/c1-2-3-7-11-12(13(15)17-16-11)9-5-4-6-10(14)8-9/h4-6,8H,2-3,7,15H2,1H3. The molecule has 1 heterocycles. The molecule has 0 atom stereocenters. The van der Waals surface area contributed by atoms with Crippen molar-refractivity contribution < 1.29 is 4.52 Å². The van der Waals surface area contributed by atoms with E-state index in [1.807, 2.05) is 24.3 Å². The molecule has 2 rings (SSSR count). The minimum atomic E-state index is 0.397. The summed E-state index contributed by atoms with van der Waals surface area (Å²) in [5.41, 5.74) is 8.77. The molecule has 0 aliphatic carbocycles. The number of benzene rings is 1. The largest absolute Gasteiger partial charge is 0.367 e. The van der Waals surface area contributed by atoms with Gasteiger partial charge >= 0.3 is 0 Å². The highest BCUT2D eigenvalue weighted by Crippen LogP contribution is 2.32. The van der Waals surface area contributed by atoms with Gasteiger partial charge in [-0.15, -0.1) is 0 Å². The van der Waals surface area contributed by atoms with Gasteiger partial charge in [-0.1, -0.05) is 46.6 Å². The number of hydrogen-bond acceptors (Lipinski definition) is 3. The smallest absolute Gasteiger partial charge is 0.230 e. The van der Waals surface area contributed by atoms with Crippen molar-refractivity contribution in [3.63, 3.8) is 0 Å². The fourth-order valence-corrected chi connectivity index (χ4v) is 2.20. The molecule has 17 heavy (non-hydrogen) atoms. The Kier molecular flexibility index (Phi) is 3.84. The molecule has 0 aliphatic heterocycles. The second-order valence-electron chi connectivity index (χ2n) is 3.98. The number of aromatic nitrogens is 1. The van der Waals surface area contributed by atoms with E-state index in [9.17, 15) is 0 Å². The average molecular weight is 295 g/mol. The number of nitrogen functional groups attached to an aromatic ring is 1. The van der Waals surface area contributed by atoms with Crippen molar-refractivity contribution in [1.29, 1.82) is 0 Å². The van der Waals surface area contributed by atoms with Crippen LogP contribution in [0.25, 0.3) is 11.1 Å². The minimum absolute atomic E-state index is 0.397. The van der Waals surface area contributed by atoms with Crippen LogP contribution in [0.5, 0.6) is 0 Å². The lowest BCUT2D eigenvalue weighted by atomic mass is 10.0. The van der Waals surface area contributed by atoms with Gasteiger partial charge in [0.25, 0.3) is 0 Å². The van der Waals surface area contributed by atoms with Gasteiger partial charge in [0.15, 0.2) is 0 Å². The fraction of sp³-hybridized carbons (Fsp3) is 0.308. The molecule has 0 saturated heterocycles. The van der Waals surface area contributed by atoms with Crippen molar-refractivity contribution in [2.45, 2.75) is 26.2 Å². The number of anilines is 1. The summed E-state index contributed by atoms with van der Waals surface area (Å²) in [7, 11) is 0. The van der Waals surface area contributed by atoms with E-state index in [2.05, 4.69) is 28.0 Å². The van der Waals surface area contributed by atoms with Crippen LogP contribution < -0.4 is 5.73 Å². The van der Waals surface area contributed by atoms with Crippen LogP contribution in [0.2, 0.25) is 0 Å². The fourth-order valence-electron chi connectivity index (χ4n) is 1.81. The Labute approximate surface area is 109 Å². The first-order chi connectivity index (χ1) is 8.22. The Bertz CT molecular complexity index is 508. The molecule has 90 valence electrons. The van der Waals surface area contributed by atoms with Gasteiger partial charge in [-0.05, 0) is 30.5 Å². The number of nitrogens with zero attached hydrogens (tertiary/aromatic N) is 1. The predicted octanol–water partition coefficient (Wildman–Crippen LogP) is 4.03. The molecule has 2 aromatic rings. The monoisotopic (exact) mass is 294 g/mol. The first-order valence-corrected chi connectivity index (χ1v) is 6.51. The molecule has 0 radical (unpaired) electrons. The first kappa shape index (κ1) is 12.2. The maximum Gasteiger partial charge on any atom is 0.230 e. The van der Waals surface area contributed by atoms with Crippen molar-refractivity contribution in [2.24, 2.45) is 0 Å². The van der Waals surface area contributed by atoms with E-state index in [-0.39, 0.29) is 0 Å². The summed E-state index contributed by atoms with van der Waals surface area (Å²) in [6.07, 6.45) is 3.12. The third-order valence-corrected chi connectivity index (χ3v) is 3.16. The predicted molar refractivity (Wildman–Crippen MR) is 72.7 cm³/mol. The Morgan fingerprint density at radius 2 is 2.24 bits per heavy atom. The molecule has 1 aromatic heterocycles. The molecule has 0 bridgehead atoms. The number of unbranched alkanes of at least 4 members (excludes halogenated alkanes) is 1. The van der Waals surface area contributed by atoms with E-state index in [0.717, 1.165) is 40.6 Å². The summed E-state index contributed by atoms with van der Waals surface area (Å²) >= 11 is 3.46. The summed E-state index contributed by atoms with van der Waals surface area (Å²) in [5, 5.41) is 4.04. The Balaban J connectivity index is 2.39. The lowest BCUT2D eigenvalue weighted by molar-refractivity contribution is 0.426. The lowest BCUT2D eigenvalue weighted by Gasteiger charge is -2.02. The highest BCUT2D eigenvalue weighted by molar-refractivity contribution is 9.10. The van der Waals surface area contributed by atoms with Crippen LogP contribution in [-0.2, 0) is 6.42 Å². The van der Waals surface area contributed by atoms with Crippen molar-refractivity contribution >= 4 is 21.8 Å². The van der Waals surface area contributed by atoms with Gasteiger partial charge in [0.1, 0.15) is 0 Å². The summed E-state index contributed by atoms with van der Waals surface area (Å²) in [5.74, 6) is 0.397. The van der Waals surface area contributed by atoms with Gasteiger partial charge in [0.2, 0.25) is 5.88 Å². The second-order valence-corrected chi connectivity index (χ2v) is 4.90. The van der Waals surface area contributed by atoms with Crippen LogP contribution in [0.15, 0.2) is 33.3 Å². The highest BCUT2D eigenvalue weighted by atomic mass is 79.9. The van der Waals surface area contributed by atoms with Crippen LogP contribution in [0.3, 0.4) is 0 Å². The Hall–Kier alpha value is -1.29. The van der Waals surface area contributed by atoms with Crippen LogP contribution in [0.4, 0.5) is 5.88 Å². The van der Waals surface area contributed by atoms with E-state index in [1.54, 1.807) is 0 Å². The van der Waals surface area contributed by atoms with Gasteiger partial charge in [0, 0.05) is 4.47 Å². The molecule has 0 spiro atoms. The molecule has 4 heteroatoms. The van der Waals surface area contributed by atoms with Gasteiger partial charge in [0.05, 0.1) is 11.3 Å². The van der Waals surface area contributed by atoms with Crippen molar-refractivity contribution in [1.82, 2.24) is 5.16 Å². The van der Waals surface area contributed by atoms with E-state index >= 15 is 0 Å². The highest BCUT2D eigenvalue weighted by Gasteiger charge is 2.15. The summed E-state index contributed by atoms with van der Waals surface area (Å²) in [6.45, 7) is 2.15. The van der Waals surface area contributed by atoms with Crippen LogP contribution >= 0.6 is 15.9 Å². The molecular formula is C13H15BrN2O. The maximum atomic E-state index is 5.85. The normalized spacial score (nSPS) is 10.7. The van der Waals surface area contributed by atoms with Crippen molar-refractivity contribution in [3.8, 4) is 11.1 Å². The zero-order valence-corrected chi connectivity index (χ0v) is 11.3. The summed E-state index contributed by atoms with van der Waals surface area (Å²) < 4.78 is 6.12. The molecular weight excluding hydrogens is 280 g/mol. The Morgan fingerprint density at radius 1 is 1.41 bits per heavy atom. The number of aryl methyl sites for hydroxylation is 1. The summed E-state index contributed by atoms with van der Waals surface area (Å²) in [6, 6.07) is 8.01. The summed E-state index contributed by atoms with van der Waals surface area (Å²) in [4.78, 5) is 0. The number of rotatable bonds is 4. The van der Waals surface area contributed by atoms with Crippen LogP contribution in [0.1, 0.15) is 25.5 Å². The third-order valence-electron chi connectivity index (χ3n) is 2.67. The SMILES string of the molecule is CCCCc1noc(N)c1-c1cccc(Br)c1. The van der Waals surface area contributed by atoms with E-state index < -0.39 is 0 Å². The van der Waals surface area contributed by atoms with Crippen LogP contribution in [0, 0.1) is 0 Å². The van der Waals surface area contributed by atoms with Crippen molar-refractivity contribution in [3.05, 3.63) is 34.4 Å². The Morgan fingerprint density at radius 3 is 2.94 bits per heavy atom. The van der Waals surface area contributed by atoms with Crippen LogP contribution in [-0.4, -0.2) is 5.16 Å². The van der Waals surface area contributed by atoms with Gasteiger partial charge < -0.3 is 10.3 Å². The number of halogens is 1. The third kappa shape index (κ3) is 2.69. The zero-order valence-electron chi connectivity index (χ0n) is 9.74. The molecule has 0 unspecified atom stereocenters. The quantitative estimate of drug-likeness (QED) is 0.926. The van der Waals surface area contributed by atoms with E-state index in [4.69, 9.17) is 10.3 Å². The van der Waals surface area contributed by atoms with Gasteiger partial charge in [-0.25, -0.2) is 0 Å². The lowest BCUT2D eigenvalue weighted by Crippen LogP contribution is -1.91. The van der Waals surface area contributed by atoms with Crippen molar-refractivity contribution in [2.75, 3.05) is 5.73 Å². The maximum absolute atomic E-state index is 5.85. The topological polar surface area (TPSA) is 52.0 Å². The molecule has 0 saturated carbocycles. The number of hydrogen-bond donors (Lipinski definition) is 1. The molecule has 2 N–H and O–H groups in total. The average Bonchev–Trinajstić information content (AvgIpc) is 2.68. The van der Waals surface area contributed by atoms with E-state index in [0.29, 0.717) is 5.88 Å².